The zero-order valence-corrected chi connectivity index (χ0v) is 12.4. The van der Waals surface area contributed by atoms with E-state index < -0.39 is 0 Å². The van der Waals surface area contributed by atoms with Crippen molar-refractivity contribution in [3.8, 4) is 0 Å². The predicted octanol–water partition coefficient (Wildman–Crippen LogP) is 1.47. The van der Waals surface area contributed by atoms with Crippen LogP contribution in [-0.4, -0.2) is 40.9 Å². The standard InChI is InChI=1S/C14H25N5O/c1-9-5-8-20-12(9)13-16-14(18-17-13)19-6-3-11(4-7-19)10(2)15/h9-12H,3-8,15H2,1-2H3,(H,16,17,18). The highest BCUT2D eigenvalue weighted by atomic mass is 16.5. The van der Waals surface area contributed by atoms with Crippen molar-refractivity contribution in [1.29, 1.82) is 0 Å². The molecule has 0 aliphatic carbocycles. The number of aromatic nitrogens is 3. The van der Waals surface area contributed by atoms with Crippen molar-refractivity contribution in [1.82, 2.24) is 15.2 Å². The van der Waals surface area contributed by atoms with Gasteiger partial charge in [-0.15, -0.1) is 5.10 Å². The Labute approximate surface area is 120 Å². The van der Waals surface area contributed by atoms with Crippen LogP contribution in [0.3, 0.4) is 0 Å². The minimum absolute atomic E-state index is 0.0813. The van der Waals surface area contributed by atoms with E-state index in [0.717, 1.165) is 50.7 Å². The topological polar surface area (TPSA) is 80.1 Å². The molecule has 0 aromatic carbocycles. The van der Waals surface area contributed by atoms with E-state index >= 15 is 0 Å². The number of nitrogens with one attached hydrogen (secondary N) is 1. The van der Waals surface area contributed by atoms with Crippen LogP contribution in [0.2, 0.25) is 0 Å². The summed E-state index contributed by atoms with van der Waals surface area (Å²) in [5.74, 6) is 2.83. The van der Waals surface area contributed by atoms with Gasteiger partial charge in [-0.3, -0.25) is 5.10 Å². The Hall–Kier alpha value is -1.14. The Balaban J connectivity index is 1.63. The van der Waals surface area contributed by atoms with Crippen molar-refractivity contribution < 1.29 is 4.74 Å². The van der Waals surface area contributed by atoms with Gasteiger partial charge in [-0.05, 0) is 38.0 Å². The molecule has 3 N–H and O–H groups in total. The summed E-state index contributed by atoms with van der Waals surface area (Å²) in [6.07, 6.45) is 3.42. The van der Waals surface area contributed by atoms with Crippen LogP contribution in [0.1, 0.15) is 45.0 Å². The molecule has 1 aromatic heterocycles. The summed E-state index contributed by atoms with van der Waals surface area (Å²) in [7, 11) is 0. The van der Waals surface area contributed by atoms with Crippen LogP contribution in [0.4, 0.5) is 5.95 Å². The molecule has 2 aliphatic rings. The summed E-state index contributed by atoms with van der Waals surface area (Å²) < 4.78 is 5.73. The Morgan fingerprint density at radius 1 is 1.35 bits per heavy atom. The third-order valence-corrected chi connectivity index (χ3v) is 4.71. The number of anilines is 1. The van der Waals surface area contributed by atoms with E-state index in [1.807, 2.05) is 0 Å². The summed E-state index contributed by atoms with van der Waals surface area (Å²) in [4.78, 5) is 6.89. The van der Waals surface area contributed by atoms with E-state index in [2.05, 4.69) is 33.9 Å². The maximum absolute atomic E-state index is 5.98. The Morgan fingerprint density at radius 2 is 2.10 bits per heavy atom. The summed E-state index contributed by atoms with van der Waals surface area (Å²) in [6.45, 7) is 7.11. The molecule has 112 valence electrons. The first-order valence-electron chi connectivity index (χ1n) is 7.69. The fourth-order valence-electron chi connectivity index (χ4n) is 3.20. The summed E-state index contributed by atoms with van der Waals surface area (Å²) >= 11 is 0. The molecule has 0 spiro atoms. The normalized spacial score (nSPS) is 29.9. The molecule has 0 amide bonds. The fraction of sp³-hybridized carbons (Fsp3) is 0.857. The molecule has 0 bridgehead atoms. The minimum Gasteiger partial charge on any atom is -0.370 e. The first kappa shape index (κ1) is 13.8. The minimum atomic E-state index is 0.0813. The van der Waals surface area contributed by atoms with Gasteiger partial charge in [0.05, 0.1) is 0 Å². The molecular weight excluding hydrogens is 254 g/mol. The van der Waals surface area contributed by atoms with Gasteiger partial charge in [0.1, 0.15) is 6.10 Å². The molecule has 2 fully saturated rings. The van der Waals surface area contributed by atoms with Crippen molar-refractivity contribution in [3.05, 3.63) is 5.82 Å². The van der Waals surface area contributed by atoms with Gasteiger partial charge in [-0.25, -0.2) is 0 Å². The van der Waals surface area contributed by atoms with Crippen molar-refractivity contribution in [2.75, 3.05) is 24.6 Å². The Bertz CT molecular complexity index is 439. The number of nitrogens with two attached hydrogens (primary N) is 1. The van der Waals surface area contributed by atoms with Gasteiger partial charge in [-0.2, -0.15) is 4.98 Å². The molecule has 6 heteroatoms. The molecule has 2 saturated heterocycles. The van der Waals surface area contributed by atoms with Crippen molar-refractivity contribution >= 4 is 5.95 Å². The van der Waals surface area contributed by atoms with Gasteiger partial charge in [-0.1, -0.05) is 6.92 Å². The van der Waals surface area contributed by atoms with E-state index in [-0.39, 0.29) is 12.1 Å². The van der Waals surface area contributed by atoms with Gasteiger partial charge >= 0.3 is 0 Å². The maximum Gasteiger partial charge on any atom is 0.244 e. The molecule has 1 aromatic rings. The van der Waals surface area contributed by atoms with Crippen molar-refractivity contribution in [2.24, 2.45) is 17.6 Å². The van der Waals surface area contributed by atoms with Crippen LogP contribution in [-0.2, 0) is 4.74 Å². The highest BCUT2D eigenvalue weighted by Crippen LogP contribution is 2.33. The molecule has 3 heterocycles. The second kappa shape index (κ2) is 5.69. The number of ether oxygens (including phenoxy) is 1. The molecule has 2 aliphatic heterocycles. The lowest BCUT2D eigenvalue weighted by atomic mass is 9.91. The molecule has 3 unspecified atom stereocenters. The number of rotatable bonds is 3. The van der Waals surface area contributed by atoms with E-state index in [1.165, 1.54) is 0 Å². The number of nitrogens with zero attached hydrogens (tertiary/aromatic N) is 3. The number of hydrogen-bond donors (Lipinski definition) is 2. The van der Waals surface area contributed by atoms with E-state index in [9.17, 15) is 0 Å². The highest BCUT2D eigenvalue weighted by molar-refractivity contribution is 5.29. The molecule has 6 nitrogen and oxygen atoms in total. The molecule has 0 radical (unpaired) electrons. The first-order valence-corrected chi connectivity index (χ1v) is 7.69. The Kier molecular flexibility index (Phi) is 3.94. The zero-order valence-electron chi connectivity index (χ0n) is 12.4. The zero-order chi connectivity index (χ0) is 14.1. The lowest BCUT2D eigenvalue weighted by Gasteiger charge is -2.32. The van der Waals surface area contributed by atoms with Crippen LogP contribution < -0.4 is 10.6 Å². The lowest BCUT2D eigenvalue weighted by molar-refractivity contribution is 0.0876. The van der Waals surface area contributed by atoms with Gasteiger partial charge in [0.25, 0.3) is 0 Å². The van der Waals surface area contributed by atoms with Crippen LogP contribution in [0.25, 0.3) is 0 Å². The fourth-order valence-corrected chi connectivity index (χ4v) is 3.20. The molecular formula is C14H25N5O. The third kappa shape index (κ3) is 2.67. The molecule has 3 rings (SSSR count). The average Bonchev–Trinajstić information content (AvgIpc) is 3.07. The van der Waals surface area contributed by atoms with Crippen molar-refractivity contribution in [2.45, 2.75) is 45.3 Å². The van der Waals surface area contributed by atoms with E-state index in [0.29, 0.717) is 11.8 Å². The highest BCUT2D eigenvalue weighted by Gasteiger charge is 2.30. The van der Waals surface area contributed by atoms with Gasteiger partial charge in [0.15, 0.2) is 5.82 Å². The van der Waals surface area contributed by atoms with Gasteiger partial charge in [0.2, 0.25) is 5.95 Å². The summed E-state index contributed by atoms with van der Waals surface area (Å²) in [5, 5.41) is 7.42. The first-order chi connectivity index (χ1) is 9.65. The third-order valence-electron chi connectivity index (χ3n) is 4.71. The number of piperidine rings is 1. The van der Waals surface area contributed by atoms with Crippen LogP contribution in [0.15, 0.2) is 0 Å². The SMILES string of the molecule is CC(N)C1CCN(c2n[nH]c(C3OCCC3C)n2)CC1. The number of H-pyrrole nitrogens is 1. The molecule has 0 saturated carbocycles. The number of hydrogen-bond acceptors (Lipinski definition) is 5. The maximum atomic E-state index is 5.98. The van der Waals surface area contributed by atoms with Crippen LogP contribution in [0.5, 0.6) is 0 Å². The smallest absolute Gasteiger partial charge is 0.244 e. The van der Waals surface area contributed by atoms with Crippen LogP contribution >= 0.6 is 0 Å². The lowest BCUT2D eigenvalue weighted by Crippen LogP contribution is -2.40. The average molecular weight is 279 g/mol. The largest absolute Gasteiger partial charge is 0.370 e. The Morgan fingerprint density at radius 3 is 2.70 bits per heavy atom. The second-order valence-electron chi connectivity index (χ2n) is 6.26. The van der Waals surface area contributed by atoms with E-state index in [1.54, 1.807) is 0 Å². The van der Waals surface area contributed by atoms with Crippen molar-refractivity contribution in [3.63, 3.8) is 0 Å². The second-order valence-corrected chi connectivity index (χ2v) is 6.26. The molecule has 20 heavy (non-hydrogen) atoms. The van der Waals surface area contributed by atoms with Gasteiger partial charge in [0, 0.05) is 25.7 Å². The monoisotopic (exact) mass is 279 g/mol. The van der Waals surface area contributed by atoms with Crippen LogP contribution in [0, 0.1) is 11.8 Å². The summed E-state index contributed by atoms with van der Waals surface area (Å²) in [6, 6.07) is 0.285. The summed E-state index contributed by atoms with van der Waals surface area (Å²) in [5.41, 5.74) is 5.98. The predicted molar refractivity (Wildman–Crippen MR) is 77.4 cm³/mol. The molecule has 3 atom stereocenters. The number of aromatic amines is 1. The quantitative estimate of drug-likeness (QED) is 0.875. The van der Waals surface area contributed by atoms with Gasteiger partial charge < -0.3 is 15.4 Å². The van der Waals surface area contributed by atoms with E-state index in [4.69, 9.17) is 10.5 Å².